The zero-order valence-electron chi connectivity index (χ0n) is 68.4. The molecule has 0 saturated carbocycles. The standard InChI is InChI=1S/C34H49N5O6.C22H22N4O3.C16H17N3O2.C11H14O.C7H14O/c1-5-22(3)30-33(43)36-27(20-23-21-39(45-4)28-17-11-10-15-25(23)28)31(41)35-26(16-9-7-8-14-24(40)6-2)34(44)38-19-13-12-18-29(38)32(42)37-30;1-23-19-6-2-3-7-20(19)26-21(27)18-10-8-16(9-11-18)14-25-22(28)29-15-17-5-4-12-24-13-17;1-11(20)18-13-9-7-12(8-10-13)16(21)19-15-6-4-3-5-14(15)17-2;1-10(12)6-5-9-11-7-3-2-4-8-11;1-4-7(5-2)6(3)8/h10-11,15,17,21-22,26-27,29-30H,5-9,12-14,16,18-20H2,1-4H3,(H,35,41)(H,36,43)(H,37,42);2-13,23H,14-15H2,1H3,(H,25,28)(H,26,27);3-10,17H,1-2H3,(H,18,20)(H,19,21);2-4,7-8H,5-6,9H2,1H3;7H,4-5H2,1-3H3/t22?,26?,27?,29-,30?;;;;/m1..../s1. The van der Waals surface area contributed by atoms with Gasteiger partial charge in [0.15, 0.2) is 0 Å². The molecule has 6 aromatic carbocycles. The number of amides is 8. The zero-order valence-corrected chi connectivity index (χ0v) is 68.4. The maximum absolute atomic E-state index is 14.1. The summed E-state index contributed by atoms with van der Waals surface area (Å²) in [7, 11) is 5.16. The molecule has 0 spiro atoms. The summed E-state index contributed by atoms with van der Waals surface area (Å²) >= 11 is 0. The van der Waals surface area contributed by atoms with Gasteiger partial charge in [-0.05, 0) is 167 Å². The summed E-state index contributed by atoms with van der Waals surface area (Å²) in [5.41, 5.74) is 9.44. The first kappa shape index (κ1) is 91.9. The highest BCUT2D eigenvalue weighted by molar-refractivity contribution is 6.07. The van der Waals surface area contributed by atoms with Crippen molar-refractivity contribution in [3.63, 3.8) is 0 Å². The molecule has 115 heavy (non-hydrogen) atoms. The Hall–Kier alpha value is -12.0. The third kappa shape index (κ3) is 30.8. The molecule has 10 rings (SSSR count). The van der Waals surface area contributed by atoms with E-state index in [4.69, 9.17) is 9.57 Å². The number of fused-ring (bicyclic) bond motifs is 2. The van der Waals surface area contributed by atoms with Crippen LogP contribution in [0.1, 0.15) is 188 Å². The Morgan fingerprint density at radius 3 is 1.73 bits per heavy atom. The number of ketones is 3. The number of unbranched alkanes of at least 4 members (excludes halogenated alkanes) is 2. The van der Waals surface area contributed by atoms with Crippen LogP contribution in [0.15, 0.2) is 182 Å². The Balaban J connectivity index is 0.000000251. The van der Waals surface area contributed by atoms with E-state index >= 15 is 0 Å². The van der Waals surface area contributed by atoms with Crippen LogP contribution in [-0.2, 0) is 69.1 Å². The molecule has 2 aliphatic heterocycles. The highest BCUT2D eigenvalue weighted by atomic mass is 16.6. The van der Waals surface area contributed by atoms with Crippen molar-refractivity contribution in [3.05, 3.63) is 216 Å². The number of Topliss-reactive ketones (excluding diaryl/α,β-unsaturated/α-hetero) is 3. The lowest BCUT2D eigenvalue weighted by Gasteiger charge is -2.39. The molecule has 5 atom stereocenters. The molecule has 4 unspecified atom stereocenters. The maximum atomic E-state index is 14.1. The molecule has 4 heterocycles. The summed E-state index contributed by atoms with van der Waals surface area (Å²) in [6.07, 6.45) is 15.6. The summed E-state index contributed by atoms with van der Waals surface area (Å²) < 4.78 is 6.76. The van der Waals surface area contributed by atoms with Crippen LogP contribution in [0.4, 0.5) is 33.2 Å². The Kier molecular flexibility index (Phi) is 39.5. The van der Waals surface area contributed by atoms with Crippen molar-refractivity contribution in [2.75, 3.05) is 54.3 Å². The minimum atomic E-state index is -1.01. The Bertz CT molecular complexity index is 4440. The van der Waals surface area contributed by atoms with Crippen LogP contribution in [0.2, 0.25) is 0 Å². The monoisotopic (exact) mass is 1570 g/mol. The molecule has 2 aliphatic rings. The normalized spacial score (nSPS) is 15.3. The van der Waals surface area contributed by atoms with Crippen LogP contribution in [0, 0.1) is 11.8 Å². The van der Waals surface area contributed by atoms with Gasteiger partial charge in [-0.1, -0.05) is 145 Å². The molecule has 25 nitrogen and oxygen atoms in total. The van der Waals surface area contributed by atoms with Crippen molar-refractivity contribution in [2.45, 2.75) is 195 Å². The van der Waals surface area contributed by atoms with Crippen molar-refractivity contribution < 1.29 is 62.3 Å². The van der Waals surface area contributed by atoms with Gasteiger partial charge in [-0.3, -0.25) is 48.1 Å². The smallest absolute Gasteiger partial charge is 0.407 e. The van der Waals surface area contributed by atoms with Gasteiger partial charge < -0.3 is 67.1 Å². The molecule has 8 aromatic rings. The largest absolute Gasteiger partial charge is 0.445 e. The first-order chi connectivity index (χ1) is 55.4. The van der Waals surface area contributed by atoms with Crippen molar-refractivity contribution in [1.29, 1.82) is 0 Å². The highest BCUT2D eigenvalue weighted by Crippen LogP contribution is 2.27. The Morgan fingerprint density at radius 2 is 1.17 bits per heavy atom. The molecule has 0 aliphatic carbocycles. The van der Waals surface area contributed by atoms with Crippen molar-refractivity contribution in [3.8, 4) is 0 Å². The molecular formula is C90H116N12O13. The lowest BCUT2D eigenvalue weighted by molar-refractivity contribution is -0.147. The fourth-order valence-corrected chi connectivity index (χ4v) is 13.0. The molecule has 25 heteroatoms. The second-order valence-corrected chi connectivity index (χ2v) is 28.3. The van der Waals surface area contributed by atoms with Crippen molar-refractivity contribution in [1.82, 2.24) is 35.9 Å². The van der Waals surface area contributed by atoms with Gasteiger partial charge in [0.2, 0.25) is 29.5 Å². The number of benzene rings is 6. The number of piperidine rings is 1. The average molecular weight is 1570 g/mol. The predicted molar refractivity (Wildman–Crippen MR) is 452 cm³/mol. The van der Waals surface area contributed by atoms with E-state index in [0.717, 1.165) is 96.0 Å². The van der Waals surface area contributed by atoms with E-state index in [9.17, 15) is 52.7 Å². The van der Waals surface area contributed by atoms with Gasteiger partial charge in [0, 0.05) is 112 Å². The third-order valence-corrected chi connectivity index (χ3v) is 19.9. The van der Waals surface area contributed by atoms with Gasteiger partial charge in [-0.2, -0.15) is 4.73 Å². The van der Waals surface area contributed by atoms with Gasteiger partial charge in [-0.25, -0.2) is 4.79 Å². The number of ether oxygens (including phenoxy) is 1. The maximum Gasteiger partial charge on any atom is 0.407 e. The number of aryl methyl sites for hydroxylation is 1. The first-order valence-electron chi connectivity index (χ1n) is 39.8. The summed E-state index contributed by atoms with van der Waals surface area (Å²) in [5, 5.41) is 26.9. The fraction of sp³-hybridized carbons (Fsp3) is 0.400. The molecule has 0 bridgehead atoms. The number of rotatable bonds is 30. The van der Waals surface area contributed by atoms with Gasteiger partial charge in [0.05, 0.1) is 28.3 Å². The molecule has 2 fully saturated rings. The second-order valence-electron chi connectivity index (χ2n) is 28.3. The van der Waals surface area contributed by atoms with Crippen LogP contribution >= 0.6 is 0 Å². The van der Waals surface area contributed by atoms with Crippen LogP contribution < -0.4 is 52.7 Å². The zero-order chi connectivity index (χ0) is 83.6. The van der Waals surface area contributed by atoms with E-state index in [1.165, 1.54) is 12.5 Å². The number of nitrogens with zero attached hydrogens (tertiary/aromatic N) is 3. The second kappa shape index (κ2) is 49.5. The number of hydrogen-bond donors (Lipinski definition) is 9. The summed E-state index contributed by atoms with van der Waals surface area (Å²) in [6.45, 7) is 15.4. The number of alkyl carbamates (subject to hydrolysis) is 1. The first-order valence-corrected chi connectivity index (χ1v) is 39.8. The van der Waals surface area contributed by atoms with E-state index < -0.39 is 42.1 Å². The average Bonchev–Trinajstić information content (AvgIpc) is 1.69. The molecule has 8 amide bonds. The predicted octanol–water partition coefficient (Wildman–Crippen LogP) is 14.4. The van der Waals surface area contributed by atoms with E-state index in [1.54, 1.807) is 118 Å². The Labute approximate surface area is 676 Å². The third-order valence-electron chi connectivity index (χ3n) is 19.9. The van der Waals surface area contributed by atoms with Crippen LogP contribution in [0.5, 0.6) is 0 Å². The summed E-state index contributed by atoms with van der Waals surface area (Å²) in [4.78, 5) is 147. The fourth-order valence-electron chi connectivity index (χ4n) is 13.0. The van der Waals surface area contributed by atoms with Crippen LogP contribution in [0.25, 0.3) is 10.9 Å². The summed E-state index contributed by atoms with van der Waals surface area (Å²) in [6, 6.07) is 46.8. The molecule has 2 aromatic heterocycles. The van der Waals surface area contributed by atoms with Gasteiger partial charge in [0.25, 0.3) is 11.8 Å². The number of hydrogen-bond acceptors (Lipinski definition) is 16. The van der Waals surface area contributed by atoms with E-state index in [-0.39, 0.29) is 60.0 Å². The SMILES string of the molecule is CC(=O)CCCc1ccccc1.CCC(=O)CCCCCC1NC(=O)C(Cc2cn(OC)c3ccccc23)NC(=O)C(C(C)CC)NC(=O)[C@H]2CCCCN2C1=O.CCC(CC)C(C)=O.CNc1ccccc1NC(=O)c1ccc(CNC(=O)OCc2cccnc2)cc1.CNc1ccccc1NC(=O)c1ccc(NC(C)=O)cc1. The number of para-hydroxylation sites is 5. The number of nitrogens with one attached hydrogen (secondary N) is 9. The van der Waals surface area contributed by atoms with Crippen LogP contribution in [0.3, 0.4) is 0 Å². The van der Waals surface area contributed by atoms with Gasteiger partial charge >= 0.3 is 6.09 Å². The Morgan fingerprint density at radius 1 is 0.583 bits per heavy atom. The molecule has 2 saturated heterocycles. The van der Waals surface area contributed by atoms with Gasteiger partial charge in [0.1, 0.15) is 55.2 Å². The number of carbonyl (C=O) groups is 11. The van der Waals surface area contributed by atoms with Gasteiger partial charge in [-0.15, -0.1) is 0 Å². The van der Waals surface area contributed by atoms with Crippen molar-refractivity contribution >= 4 is 104 Å². The molecule has 9 N–H and O–H groups in total. The topological polar surface area (TPSA) is 336 Å². The lowest BCUT2D eigenvalue weighted by Crippen LogP contribution is -2.64. The number of pyridine rings is 1. The summed E-state index contributed by atoms with van der Waals surface area (Å²) in [5.74, 6) is -1.13. The number of aromatic nitrogens is 2. The number of anilines is 5. The molecule has 0 radical (unpaired) electrons. The molecular weight excluding hydrogens is 1460 g/mol. The van der Waals surface area contributed by atoms with E-state index in [0.29, 0.717) is 92.2 Å². The highest BCUT2D eigenvalue weighted by Gasteiger charge is 2.40. The quantitative estimate of drug-likeness (QED) is 0.0189. The van der Waals surface area contributed by atoms with Crippen LogP contribution in [-0.4, -0.2) is 131 Å². The van der Waals surface area contributed by atoms with Crippen molar-refractivity contribution in [2.24, 2.45) is 11.8 Å². The van der Waals surface area contributed by atoms with E-state index in [1.807, 2.05) is 118 Å². The molecule has 614 valence electrons. The lowest BCUT2D eigenvalue weighted by atomic mass is 9.94. The minimum absolute atomic E-state index is 0.143. The van der Waals surface area contributed by atoms with E-state index in [2.05, 4.69) is 78.8 Å². The number of carbonyl (C=O) groups excluding carboxylic acids is 11. The minimum Gasteiger partial charge on any atom is -0.445 e.